The third-order valence-electron chi connectivity index (χ3n) is 8.96. The number of hydrogen-bond donors (Lipinski definition) is 2. The zero-order chi connectivity index (χ0) is 31.6. The molecule has 0 unspecified atom stereocenters. The Morgan fingerprint density at radius 1 is 0.705 bits per heavy atom. The summed E-state index contributed by atoms with van der Waals surface area (Å²) in [5, 5.41) is 2.95. The summed E-state index contributed by atoms with van der Waals surface area (Å²) < 4.78 is 29.4. The summed E-state index contributed by atoms with van der Waals surface area (Å²) >= 11 is 0. The molecule has 0 bridgehead atoms. The number of aryl methyl sites for hydroxylation is 1. The molecule has 1 saturated heterocycles. The van der Waals surface area contributed by atoms with E-state index in [4.69, 9.17) is 0 Å². The van der Waals surface area contributed by atoms with Gasteiger partial charge in [0, 0.05) is 55.3 Å². The zero-order valence-electron chi connectivity index (χ0n) is 26.5. The van der Waals surface area contributed by atoms with Crippen molar-refractivity contribution in [3.8, 4) is 0 Å². The lowest BCUT2D eigenvalue weighted by Gasteiger charge is -2.36. The minimum absolute atomic E-state index is 0.254. The molecule has 5 rings (SSSR count). The van der Waals surface area contributed by atoms with Gasteiger partial charge in [-0.1, -0.05) is 24.3 Å². The van der Waals surface area contributed by atoms with Crippen LogP contribution in [0.25, 0.3) is 0 Å². The van der Waals surface area contributed by atoms with E-state index in [9.17, 15) is 13.2 Å². The molecule has 0 radical (unpaired) electrons. The zero-order valence-corrected chi connectivity index (χ0v) is 27.3. The molecule has 0 aromatic heterocycles. The summed E-state index contributed by atoms with van der Waals surface area (Å²) in [6, 6.07) is 23.1. The number of benzene rings is 4. The van der Waals surface area contributed by atoms with Gasteiger partial charge in [-0.15, -0.1) is 0 Å². The van der Waals surface area contributed by atoms with Crippen LogP contribution in [0.3, 0.4) is 0 Å². The molecule has 1 heterocycles. The van der Waals surface area contributed by atoms with Gasteiger partial charge in [0.1, 0.15) is 0 Å². The number of amides is 1. The van der Waals surface area contributed by atoms with E-state index in [1.54, 1.807) is 24.3 Å². The van der Waals surface area contributed by atoms with Gasteiger partial charge in [0.25, 0.3) is 15.9 Å². The Morgan fingerprint density at radius 2 is 1.27 bits per heavy atom. The second kappa shape index (κ2) is 12.8. The summed E-state index contributed by atoms with van der Waals surface area (Å²) in [5.74, 6) is -0.254. The van der Waals surface area contributed by atoms with Crippen molar-refractivity contribution < 1.29 is 13.2 Å². The van der Waals surface area contributed by atoms with Crippen LogP contribution in [0.1, 0.15) is 49.3 Å². The predicted octanol–water partition coefficient (Wildman–Crippen LogP) is 6.91. The first-order valence-electron chi connectivity index (χ1n) is 15.1. The number of nitrogens with one attached hydrogen (secondary N) is 2. The number of carbonyl (C=O) groups is 1. The summed E-state index contributed by atoms with van der Waals surface area (Å²) in [7, 11) is -3.81. The van der Waals surface area contributed by atoms with Crippen LogP contribution in [0.5, 0.6) is 0 Å². The van der Waals surface area contributed by atoms with Gasteiger partial charge in [-0.25, -0.2) is 8.42 Å². The van der Waals surface area contributed by atoms with E-state index in [-0.39, 0.29) is 5.91 Å². The van der Waals surface area contributed by atoms with Crippen molar-refractivity contribution in [3.05, 3.63) is 117 Å². The Bertz CT molecular complexity index is 1740. The Balaban J connectivity index is 1.16. The van der Waals surface area contributed by atoms with Gasteiger partial charge in [-0.2, -0.15) is 0 Å². The Labute approximate surface area is 262 Å². The van der Waals surface area contributed by atoms with Crippen molar-refractivity contribution in [1.29, 1.82) is 0 Å². The molecule has 7 nitrogen and oxygen atoms in total. The molecule has 0 saturated carbocycles. The fourth-order valence-electron chi connectivity index (χ4n) is 5.91. The van der Waals surface area contributed by atoms with Crippen molar-refractivity contribution in [2.75, 3.05) is 41.1 Å². The van der Waals surface area contributed by atoms with Crippen LogP contribution in [0.2, 0.25) is 0 Å². The smallest absolute Gasteiger partial charge is 0.262 e. The summed E-state index contributed by atoms with van der Waals surface area (Å²) in [6.45, 7) is 16.6. The van der Waals surface area contributed by atoms with E-state index in [1.165, 1.54) is 16.8 Å². The van der Waals surface area contributed by atoms with Crippen LogP contribution in [-0.4, -0.2) is 45.4 Å². The molecule has 1 amide bonds. The van der Waals surface area contributed by atoms with Crippen LogP contribution < -0.4 is 14.9 Å². The van der Waals surface area contributed by atoms with Gasteiger partial charge < -0.3 is 10.2 Å². The van der Waals surface area contributed by atoms with E-state index in [1.807, 2.05) is 46.8 Å². The number of anilines is 3. The van der Waals surface area contributed by atoms with Crippen molar-refractivity contribution in [3.63, 3.8) is 0 Å². The van der Waals surface area contributed by atoms with Crippen LogP contribution in [0.4, 0.5) is 17.1 Å². The average molecular weight is 611 g/mol. The molecule has 4 aromatic carbocycles. The molecule has 230 valence electrons. The van der Waals surface area contributed by atoms with Crippen molar-refractivity contribution in [2.45, 2.75) is 53.0 Å². The summed E-state index contributed by atoms with van der Waals surface area (Å²) in [4.78, 5) is 18.1. The van der Waals surface area contributed by atoms with Gasteiger partial charge in [0.2, 0.25) is 0 Å². The van der Waals surface area contributed by atoms with Crippen LogP contribution in [-0.2, 0) is 16.6 Å². The molecule has 44 heavy (non-hydrogen) atoms. The highest BCUT2D eigenvalue weighted by Crippen LogP contribution is 2.31. The number of sulfonamides is 1. The molecule has 0 atom stereocenters. The minimum Gasteiger partial charge on any atom is -0.369 e. The largest absolute Gasteiger partial charge is 0.369 e. The summed E-state index contributed by atoms with van der Waals surface area (Å²) in [5.41, 5.74) is 9.90. The predicted molar refractivity (Wildman–Crippen MR) is 180 cm³/mol. The monoisotopic (exact) mass is 610 g/mol. The number of carbonyl (C=O) groups excluding carboxylic acids is 1. The number of piperazine rings is 1. The number of hydrogen-bond acceptors (Lipinski definition) is 5. The highest BCUT2D eigenvalue weighted by Gasteiger charge is 2.24. The van der Waals surface area contributed by atoms with Gasteiger partial charge >= 0.3 is 0 Å². The number of rotatable bonds is 8. The van der Waals surface area contributed by atoms with Crippen LogP contribution in [0, 0.1) is 41.5 Å². The standard InChI is InChI=1S/C36H42N4O3S/c1-24-8-7-9-34(22-24)40-20-18-39(19-21-40)23-30-10-14-32(15-11-30)37-36(41)31-12-16-33(17-13-31)38-44(42,43)35-28(5)26(3)25(2)27(4)29(35)6/h7-17,22,38H,18-21,23H2,1-6H3,(H,37,41). The Kier molecular flexibility index (Phi) is 9.13. The van der Waals surface area contributed by atoms with E-state index < -0.39 is 10.0 Å². The first-order chi connectivity index (χ1) is 20.9. The second-order valence-corrected chi connectivity index (χ2v) is 13.5. The molecule has 0 aliphatic carbocycles. The minimum atomic E-state index is -3.81. The lowest BCUT2D eigenvalue weighted by Crippen LogP contribution is -2.45. The quantitative estimate of drug-likeness (QED) is 0.227. The highest BCUT2D eigenvalue weighted by atomic mass is 32.2. The van der Waals surface area contributed by atoms with Gasteiger partial charge in [0.05, 0.1) is 4.90 Å². The molecule has 0 spiro atoms. The molecule has 1 aliphatic rings. The van der Waals surface area contributed by atoms with Crippen molar-refractivity contribution >= 4 is 33.0 Å². The topological polar surface area (TPSA) is 81.8 Å². The molecule has 4 aromatic rings. The number of nitrogens with zero attached hydrogens (tertiary/aromatic N) is 2. The van der Waals surface area contributed by atoms with Gasteiger partial charge in [-0.05, 0) is 129 Å². The molecule has 1 aliphatic heterocycles. The van der Waals surface area contributed by atoms with Crippen LogP contribution >= 0.6 is 0 Å². The summed E-state index contributed by atoms with van der Waals surface area (Å²) in [6.07, 6.45) is 0. The molecular weight excluding hydrogens is 568 g/mol. The lowest BCUT2D eigenvalue weighted by atomic mass is 9.95. The second-order valence-electron chi connectivity index (χ2n) is 11.9. The Morgan fingerprint density at radius 3 is 1.86 bits per heavy atom. The van der Waals surface area contributed by atoms with Crippen LogP contribution in [0.15, 0.2) is 77.7 Å². The third-order valence-corrected chi connectivity index (χ3v) is 10.6. The average Bonchev–Trinajstić information content (AvgIpc) is 3.00. The fraction of sp³-hybridized carbons (Fsp3) is 0.306. The molecule has 8 heteroatoms. The normalized spacial score (nSPS) is 14.0. The Hall–Kier alpha value is -4.14. The molecular formula is C36H42N4O3S. The fourth-order valence-corrected chi connectivity index (χ4v) is 7.57. The first kappa shape index (κ1) is 31.3. The first-order valence-corrected chi connectivity index (χ1v) is 16.6. The lowest BCUT2D eigenvalue weighted by molar-refractivity contribution is 0.102. The van der Waals surface area contributed by atoms with Crippen molar-refractivity contribution in [2.24, 2.45) is 0 Å². The maximum Gasteiger partial charge on any atom is 0.262 e. The SMILES string of the molecule is Cc1cccc(N2CCN(Cc3ccc(NC(=O)c4ccc(NS(=O)(=O)c5c(C)c(C)c(C)c(C)c5C)cc4)cc3)CC2)c1. The molecule has 2 N–H and O–H groups in total. The van der Waals surface area contributed by atoms with E-state index in [0.717, 1.165) is 60.5 Å². The maximum absolute atomic E-state index is 13.4. The van der Waals surface area contributed by atoms with E-state index >= 15 is 0 Å². The van der Waals surface area contributed by atoms with E-state index in [0.29, 0.717) is 21.8 Å². The maximum atomic E-state index is 13.4. The molecule has 1 fully saturated rings. The highest BCUT2D eigenvalue weighted by molar-refractivity contribution is 7.92. The van der Waals surface area contributed by atoms with Gasteiger partial charge in [-0.3, -0.25) is 14.4 Å². The van der Waals surface area contributed by atoms with Gasteiger partial charge in [0.15, 0.2) is 0 Å². The third kappa shape index (κ3) is 6.82. The van der Waals surface area contributed by atoms with E-state index in [2.05, 4.69) is 63.2 Å². The van der Waals surface area contributed by atoms with Crippen molar-refractivity contribution in [1.82, 2.24) is 4.90 Å².